The van der Waals surface area contributed by atoms with Crippen molar-refractivity contribution in [2.75, 3.05) is 13.1 Å². The predicted octanol–water partition coefficient (Wildman–Crippen LogP) is 0.184. The molecule has 7 heteroatoms. The highest BCUT2D eigenvalue weighted by Crippen LogP contribution is 2.22. The number of hydrogen-bond acceptors (Lipinski definition) is 5. The van der Waals surface area contributed by atoms with Gasteiger partial charge in [0.25, 0.3) is 5.91 Å². The molecule has 1 aliphatic rings. The standard InChI is InChI=1S/C14H17N5O2/c1-9-4-11(18-17-9)5-10-7-19(8-13(10)20)14(21)12-6-15-2-3-16-12/h2-4,6,10,13,20H,5,7-8H2,1H3,(H,17,18)/t10-,13-/m1/s1. The molecule has 1 saturated heterocycles. The third kappa shape index (κ3) is 2.92. The normalized spacial score (nSPS) is 21.7. The highest BCUT2D eigenvalue weighted by molar-refractivity contribution is 5.92. The van der Waals surface area contributed by atoms with Gasteiger partial charge in [0.05, 0.1) is 18.0 Å². The number of β-amino-alcohol motifs (C(OH)–C–C–N with tert-alkyl or cyclic N) is 1. The molecule has 2 N–H and O–H groups in total. The molecular formula is C14H17N5O2. The maximum Gasteiger partial charge on any atom is 0.274 e. The quantitative estimate of drug-likeness (QED) is 0.840. The zero-order valence-electron chi connectivity index (χ0n) is 11.7. The molecule has 3 heterocycles. The average molecular weight is 287 g/mol. The fourth-order valence-corrected chi connectivity index (χ4v) is 2.64. The lowest BCUT2D eigenvalue weighted by Crippen LogP contribution is -2.30. The van der Waals surface area contributed by atoms with Crippen LogP contribution in [0.5, 0.6) is 0 Å². The number of H-pyrrole nitrogens is 1. The van der Waals surface area contributed by atoms with Gasteiger partial charge in [-0.2, -0.15) is 5.10 Å². The molecule has 0 aromatic carbocycles. The van der Waals surface area contributed by atoms with Crippen LogP contribution in [0.15, 0.2) is 24.7 Å². The molecule has 0 radical (unpaired) electrons. The van der Waals surface area contributed by atoms with Crippen molar-refractivity contribution in [2.45, 2.75) is 19.4 Å². The molecule has 2 aromatic rings. The predicted molar refractivity (Wildman–Crippen MR) is 74.5 cm³/mol. The molecule has 1 fully saturated rings. The Morgan fingerprint density at radius 3 is 3.00 bits per heavy atom. The Labute approximate surface area is 122 Å². The molecule has 0 unspecified atom stereocenters. The van der Waals surface area contributed by atoms with Crippen molar-refractivity contribution >= 4 is 5.91 Å². The first-order chi connectivity index (χ1) is 10.1. The minimum absolute atomic E-state index is 0.00618. The first-order valence-corrected chi connectivity index (χ1v) is 6.87. The third-order valence-corrected chi connectivity index (χ3v) is 3.71. The monoisotopic (exact) mass is 287 g/mol. The van der Waals surface area contributed by atoms with Crippen molar-refractivity contribution in [1.29, 1.82) is 0 Å². The summed E-state index contributed by atoms with van der Waals surface area (Å²) in [6, 6.07) is 1.96. The van der Waals surface area contributed by atoms with Crippen LogP contribution in [-0.2, 0) is 6.42 Å². The van der Waals surface area contributed by atoms with E-state index in [4.69, 9.17) is 0 Å². The number of nitrogens with zero attached hydrogens (tertiary/aromatic N) is 4. The molecule has 1 amide bonds. The van der Waals surface area contributed by atoms with E-state index in [0.717, 1.165) is 11.4 Å². The summed E-state index contributed by atoms with van der Waals surface area (Å²) in [5.74, 6) is -0.198. The number of aryl methyl sites for hydroxylation is 1. The Kier molecular flexibility index (Phi) is 3.66. The van der Waals surface area contributed by atoms with Gasteiger partial charge in [-0.25, -0.2) is 4.98 Å². The van der Waals surface area contributed by atoms with Crippen LogP contribution in [0.25, 0.3) is 0 Å². The summed E-state index contributed by atoms with van der Waals surface area (Å²) in [6.45, 7) is 2.76. The largest absolute Gasteiger partial charge is 0.391 e. The summed E-state index contributed by atoms with van der Waals surface area (Å²) in [5.41, 5.74) is 2.20. The molecule has 3 rings (SSSR count). The lowest BCUT2D eigenvalue weighted by atomic mass is 10.0. The third-order valence-electron chi connectivity index (χ3n) is 3.71. The topological polar surface area (TPSA) is 95.0 Å². The van der Waals surface area contributed by atoms with E-state index in [1.807, 2.05) is 13.0 Å². The second kappa shape index (κ2) is 5.61. The van der Waals surface area contributed by atoms with Gasteiger partial charge in [0.2, 0.25) is 0 Å². The minimum Gasteiger partial charge on any atom is -0.391 e. The van der Waals surface area contributed by atoms with Gasteiger partial charge in [-0.3, -0.25) is 14.9 Å². The van der Waals surface area contributed by atoms with Crippen molar-refractivity contribution in [3.63, 3.8) is 0 Å². The molecule has 7 nitrogen and oxygen atoms in total. The fourth-order valence-electron chi connectivity index (χ4n) is 2.64. The van der Waals surface area contributed by atoms with Crippen molar-refractivity contribution in [3.05, 3.63) is 41.7 Å². The fraction of sp³-hybridized carbons (Fsp3) is 0.429. The van der Waals surface area contributed by atoms with E-state index in [0.29, 0.717) is 25.2 Å². The van der Waals surface area contributed by atoms with Crippen LogP contribution in [0.1, 0.15) is 21.9 Å². The van der Waals surface area contributed by atoms with Crippen LogP contribution in [0, 0.1) is 12.8 Å². The number of rotatable bonds is 3. The maximum absolute atomic E-state index is 12.3. The van der Waals surface area contributed by atoms with E-state index < -0.39 is 6.10 Å². The van der Waals surface area contributed by atoms with Gasteiger partial charge in [-0.1, -0.05) is 0 Å². The summed E-state index contributed by atoms with van der Waals surface area (Å²) >= 11 is 0. The molecule has 21 heavy (non-hydrogen) atoms. The Bertz CT molecular complexity index is 627. The second-order valence-electron chi connectivity index (χ2n) is 5.37. The van der Waals surface area contributed by atoms with Crippen LogP contribution in [0.4, 0.5) is 0 Å². The van der Waals surface area contributed by atoms with Crippen molar-refractivity contribution in [3.8, 4) is 0 Å². The van der Waals surface area contributed by atoms with Gasteiger partial charge in [0, 0.05) is 37.1 Å². The van der Waals surface area contributed by atoms with E-state index in [1.54, 1.807) is 4.90 Å². The van der Waals surface area contributed by atoms with Gasteiger partial charge in [-0.05, 0) is 19.4 Å². The van der Waals surface area contributed by atoms with Crippen molar-refractivity contribution < 1.29 is 9.90 Å². The first-order valence-electron chi connectivity index (χ1n) is 6.87. The highest BCUT2D eigenvalue weighted by atomic mass is 16.3. The molecule has 1 aliphatic heterocycles. The smallest absolute Gasteiger partial charge is 0.274 e. The molecular weight excluding hydrogens is 270 g/mol. The van der Waals surface area contributed by atoms with Crippen LogP contribution < -0.4 is 0 Å². The SMILES string of the molecule is Cc1cc(C[C@@H]2CN(C(=O)c3cnccn3)C[C@H]2O)n[nH]1. The van der Waals surface area contributed by atoms with E-state index in [2.05, 4.69) is 20.2 Å². The van der Waals surface area contributed by atoms with Gasteiger partial charge < -0.3 is 10.0 Å². The Morgan fingerprint density at radius 1 is 1.48 bits per heavy atom. The number of carbonyl (C=O) groups excluding carboxylic acids is 1. The molecule has 2 atom stereocenters. The van der Waals surface area contributed by atoms with E-state index in [-0.39, 0.29) is 11.8 Å². The maximum atomic E-state index is 12.3. The van der Waals surface area contributed by atoms with Gasteiger partial charge >= 0.3 is 0 Å². The van der Waals surface area contributed by atoms with Crippen molar-refractivity contribution in [2.24, 2.45) is 5.92 Å². The number of carbonyl (C=O) groups is 1. The van der Waals surface area contributed by atoms with Gasteiger partial charge in [-0.15, -0.1) is 0 Å². The summed E-state index contributed by atoms with van der Waals surface area (Å²) in [4.78, 5) is 21.8. The lowest BCUT2D eigenvalue weighted by molar-refractivity contribution is 0.0758. The van der Waals surface area contributed by atoms with Gasteiger partial charge in [0.1, 0.15) is 5.69 Å². The summed E-state index contributed by atoms with van der Waals surface area (Å²) < 4.78 is 0. The second-order valence-corrected chi connectivity index (χ2v) is 5.37. The number of aromatic amines is 1. The van der Waals surface area contributed by atoms with Crippen LogP contribution in [0.2, 0.25) is 0 Å². The molecule has 0 bridgehead atoms. The number of likely N-dealkylation sites (tertiary alicyclic amines) is 1. The lowest BCUT2D eigenvalue weighted by Gasteiger charge is -2.14. The van der Waals surface area contributed by atoms with Gasteiger partial charge in [0.15, 0.2) is 0 Å². The summed E-state index contributed by atoms with van der Waals surface area (Å²) in [6.07, 6.45) is 4.57. The number of aromatic nitrogens is 4. The Balaban J connectivity index is 1.67. The molecule has 0 aliphatic carbocycles. The summed E-state index contributed by atoms with van der Waals surface area (Å²) in [5, 5.41) is 17.2. The van der Waals surface area contributed by atoms with Crippen molar-refractivity contribution in [1.82, 2.24) is 25.1 Å². The Hall–Kier alpha value is -2.28. The average Bonchev–Trinajstić information content (AvgIpc) is 3.06. The highest BCUT2D eigenvalue weighted by Gasteiger charge is 2.35. The van der Waals surface area contributed by atoms with E-state index >= 15 is 0 Å². The Morgan fingerprint density at radius 2 is 2.33 bits per heavy atom. The zero-order valence-corrected chi connectivity index (χ0v) is 11.7. The van der Waals surface area contributed by atoms with E-state index in [1.165, 1.54) is 18.6 Å². The number of nitrogens with one attached hydrogen (secondary N) is 1. The van der Waals surface area contributed by atoms with Crippen LogP contribution in [-0.4, -0.2) is 55.3 Å². The number of aliphatic hydroxyl groups excluding tert-OH is 1. The number of hydrogen-bond donors (Lipinski definition) is 2. The minimum atomic E-state index is -0.539. The first kappa shape index (κ1) is 13.7. The molecule has 110 valence electrons. The number of aliphatic hydroxyl groups is 1. The number of amides is 1. The molecule has 2 aromatic heterocycles. The zero-order chi connectivity index (χ0) is 14.8. The van der Waals surface area contributed by atoms with Crippen LogP contribution in [0.3, 0.4) is 0 Å². The molecule has 0 spiro atoms. The van der Waals surface area contributed by atoms with E-state index in [9.17, 15) is 9.90 Å². The molecule has 0 saturated carbocycles. The summed E-state index contributed by atoms with van der Waals surface area (Å²) in [7, 11) is 0. The van der Waals surface area contributed by atoms with Crippen LogP contribution >= 0.6 is 0 Å².